The second kappa shape index (κ2) is 4.23. The number of ether oxygens (including phenoxy) is 1. The third-order valence-electron chi connectivity index (χ3n) is 2.35. The summed E-state index contributed by atoms with van der Waals surface area (Å²) in [5, 5.41) is 3.32. The zero-order valence-corrected chi connectivity index (χ0v) is 7.57. The summed E-state index contributed by atoms with van der Waals surface area (Å²) in [5.41, 5.74) is 0. The van der Waals surface area contributed by atoms with Gasteiger partial charge >= 0.3 is 0 Å². The van der Waals surface area contributed by atoms with Crippen LogP contribution < -0.4 is 10.1 Å². The van der Waals surface area contributed by atoms with Crippen molar-refractivity contribution in [2.75, 3.05) is 6.73 Å². The Bertz CT molecular complexity index is 246. The van der Waals surface area contributed by atoms with Crippen molar-refractivity contribution in [3.05, 3.63) is 24.5 Å². The third kappa shape index (κ3) is 2.42. The topological polar surface area (TPSA) is 34.1 Å². The maximum atomic E-state index is 5.44. The minimum Gasteiger partial charge on any atom is -0.477 e. The Morgan fingerprint density at radius 1 is 1.54 bits per heavy atom. The summed E-state index contributed by atoms with van der Waals surface area (Å²) in [6, 6.07) is 4.46. The molecule has 1 saturated carbocycles. The van der Waals surface area contributed by atoms with E-state index in [-0.39, 0.29) is 0 Å². The maximum Gasteiger partial charge on any atom is 0.139 e. The molecule has 0 aliphatic heterocycles. The lowest BCUT2D eigenvalue weighted by Crippen LogP contribution is -2.37. The first-order valence-electron chi connectivity index (χ1n) is 4.71. The molecule has 1 aromatic heterocycles. The summed E-state index contributed by atoms with van der Waals surface area (Å²) in [6.07, 6.45) is 7.39. The van der Waals surface area contributed by atoms with Crippen LogP contribution in [0.3, 0.4) is 0 Å². The minimum absolute atomic E-state index is 0.594. The highest BCUT2D eigenvalue weighted by molar-refractivity contribution is 5.15. The number of nitrogens with one attached hydrogen (secondary N) is 1. The summed E-state index contributed by atoms with van der Waals surface area (Å²) in [5.74, 6) is 0.828. The fourth-order valence-corrected chi connectivity index (χ4v) is 1.29. The molecule has 0 bridgehead atoms. The van der Waals surface area contributed by atoms with Crippen LogP contribution in [0.4, 0.5) is 0 Å². The average molecular weight is 178 g/mol. The van der Waals surface area contributed by atoms with Crippen LogP contribution in [0.15, 0.2) is 24.5 Å². The molecule has 0 unspecified atom stereocenters. The van der Waals surface area contributed by atoms with Gasteiger partial charge in [0.1, 0.15) is 12.5 Å². The number of aromatic nitrogens is 1. The molecule has 1 fully saturated rings. The molecule has 2 rings (SSSR count). The quantitative estimate of drug-likeness (QED) is 0.710. The Labute approximate surface area is 78.1 Å². The van der Waals surface area contributed by atoms with Crippen molar-refractivity contribution in [2.45, 2.75) is 25.3 Å². The number of hydrogen-bond acceptors (Lipinski definition) is 3. The second-order valence-corrected chi connectivity index (χ2v) is 3.31. The molecule has 1 aliphatic carbocycles. The van der Waals surface area contributed by atoms with Crippen molar-refractivity contribution in [2.24, 2.45) is 0 Å². The van der Waals surface area contributed by atoms with Gasteiger partial charge in [0.05, 0.1) is 6.20 Å². The number of hydrogen-bond donors (Lipinski definition) is 1. The van der Waals surface area contributed by atoms with Crippen LogP contribution in [-0.4, -0.2) is 17.8 Å². The van der Waals surface area contributed by atoms with Crippen molar-refractivity contribution >= 4 is 0 Å². The van der Waals surface area contributed by atoms with E-state index >= 15 is 0 Å². The lowest BCUT2D eigenvalue weighted by Gasteiger charge is -2.26. The molecule has 1 aromatic rings. The molecule has 0 saturated heterocycles. The number of rotatable bonds is 4. The van der Waals surface area contributed by atoms with E-state index in [4.69, 9.17) is 4.74 Å². The molecule has 70 valence electrons. The van der Waals surface area contributed by atoms with Crippen LogP contribution in [0, 0.1) is 0 Å². The molecule has 1 N–H and O–H groups in total. The summed E-state index contributed by atoms with van der Waals surface area (Å²) >= 11 is 0. The summed E-state index contributed by atoms with van der Waals surface area (Å²) in [4.78, 5) is 3.96. The molecule has 0 radical (unpaired) electrons. The largest absolute Gasteiger partial charge is 0.477 e. The third-order valence-corrected chi connectivity index (χ3v) is 2.35. The summed E-state index contributed by atoms with van der Waals surface area (Å²) in [7, 11) is 0. The van der Waals surface area contributed by atoms with E-state index in [1.54, 1.807) is 12.4 Å². The maximum absolute atomic E-state index is 5.44. The molecule has 3 nitrogen and oxygen atoms in total. The SMILES string of the molecule is c1cncc(OCNC2CCC2)c1. The van der Waals surface area contributed by atoms with Gasteiger partial charge in [-0.15, -0.1) is 0 Å². The number of pyridine rings is 1. The van der Waals surface area contributed by atoms with Gasteiger partial charge in [-0.05, 0) is 25.0 Å². The van der Waals surface area contributed by atoms with Gasteiger partial charge in [-0.2, -0.15) is 0 Å². The predicted molar refractivity (Wildman–Crippen MR) is 50.5 cm³/mol. The lowest BCUT2D eigenvalue weighted by molar-refractivity contribution is 0.224. The molecule has 1 heterocycles. The number of nitrogens with zero attached hydrogens (tertiary/aromatic N) is 1. The molecule has 0 spiro atoms. The predicted octanol–water partition coefficient (Wildman–Crippen LogP) is 1.56. The minimum atomic E-state index is 0.594. The van der Waals surface area contributed by atoms with Gasteiger partial charge in [-0.25, -0.2) is 0 Å². The molecule has 1 aliphatic rings. The van der Waals surface area contributed by atoms with Crippen molar-refractivity contribution < 1.29 is 4.74 Å². The van der Waals surface area contributed by atoms with Gasteiger partial charge in [0.15, 0.2) is 0 Å². The van der Waals surface area contributed by atoms with Gasteiger partial charge < -0.3 is 4.74 Å². The second-order valence-electron chi connectivity index (χ2n) is 3.31. The van der Waals surface area contributed by atoms with E-state index in [2.05, 4.69) is 10.3 Å². The first-order chi connectivity index (χ1) is 6.45. The average Bonchev–Trinajstić information content (AvgIpc) is 2.11. The van der Waals surface area contributed by atoms with E-state index in [0.29, 0.717) is 12.8 Å². The lowest BCUT2D eigenvalue weighted by atomic mass is 9.94. The summed E-state index contributed by atoms with van der Waals surface area (Å²) in [6.45, 7) is 0.594. The normalized spacial score (nSPS) is 16.6. The van der Waals surface area contributed by atoms with Crippen LogP contribution in [0.25, 0.3) is 0 Å². The molecule has 0 atom stereocenters. The smallest absolute Gasteiger partial charge is 0.139 e. The van der Waals surface area contributed by atoms with Crippen LogP contribution in [-0.2, 0) is 0 Å². The van der Waals surface area contributed by atoms with E-state index in [1.165, 1.54) is 19.3 Å². The standard InChI is InChI=1S/C10H14N2O/c1-3-9(4-1)12-8-13-10-5-2-6-11-7-10/h2,5-7,9,12H,1,3-4,8H2. The molecular weight excluding hydrogens is 164 g/mol. The molecular formula is C10H14N2O. The van der Waals surface area contributed by atoms with Crippen molar-refractivity contribution in [1.82, 2.24) is 10.3 Å². The Balaban J connectivity index is 1.67. The zero-order valence-electron chi connectivity index (χ0n) is 7.57. The van der Waals surface area contributed by atoms with Gasteiger partial charge in [-0.1, -0.05) is 6.42 Å². The Morgan fingerprint density at radius 2 is 2.46 bits per heavy atom. The van der Waals surface area contributed by atoms with E-state index in [1.807, 2.05) is 12.1 Å². The Hall–Kier alpha value is -1.09. The van der Waals surface area contributed by atoms with Gasteiger partial charge in [0.25, 0.3) is 0 Å². The van der Waals surface area contributed by atoms with Crippen LogP contribution in [0.2, 0.25) is 0 Å². The van der Waals surface area contributed by atoms with Gasteiger partial charge in [0, 0.05) is 12.2 Å². The van der Waals surface area contributed by atoms with Crippen molar-refractivity contribution in [3.8, 4) is 5.75 Å². The van der Waals surface area contributed by atoms with E-state index in [0.717, 1.165) is 5.75 Å². The first kappa shape index (κ1) is 8.51. The van der Waals surface area contributed by atoms with Gasteiger partial charge in [-0.3, -0.25) is 10.3 Å². The van der Waals surface area contributed by atoms with Gasteiger partial charge in [0.2, 0.25) is 0 Å². The fourth-order valence-electron chi connectivity index (χ4n) is 1.29. The molecule has 13 heavy (non-hydrogen) atoms. The fraction of sp³-hybridized carbons (Fsp3) is 0.500. The molecule has 0 aromatic carbocycles. The van der Waals surface area contributed by atoms with Crippen LogP contribution in [0.1, 0.15) is 19.3 Å². The first-order valence-corrected chi connectivity index (χ1v) is 4.71. The Morgan fingerprint density at radius 3 is 3.08 bits per heavy atom. The summed E-state index contributed by atoms with van der Waals surface area (Å²) < 4.78 is 5.44. The van der Waals surface area contributed by atoms with E-state index < -0.39 is 0 Å². The van der Waals surface area contributed by atoms with Crippen molar-refractivity contribution in [3.63, 3.8) is 0 Å². The molecule has 3 heteroatoms. The monoisotopic (exact) mass is 178 g/mol. The van der Waals surface area contributed by atoms with Crippen LogP contribution >= 0.6 is 0 Å². The molecule has 0 amide bonds. The highest BCUT2D eigenvalue weighted by Crippen LogP contribution is 2.17. The van der Waals surface area contributed by atoms with E-state index in [9.17, 15) is 0 Å². The highest BCUT2D eigenvalue weighted by atomic mass is 16.5. The van der Waals surface area contributed by atoms with Crippen LogP contribution in [0.5, 0.6) is 5.75 Å². The highest BCUT2D eigenvalue weighted by Gasteiger charge is 2.15. The zero-order chi connectivity index (χ0) is 8.93. The Kier molecular flexibility index (Phi) is 2.77. The van der Waals surface area contributed by atoms with Crippen molar-refractivity contribution in [1.29, 1.82) is 0 Å².